The summed E-state index contributed by atoms with van der Waals surface area (Å²) in [4.78, 5) is 0. The summed E-state index contributed by atoms with van der Waals surface area (Å²) in [7, 11) is 8.25. The average Bonchev–Trinajstić information content (AvgIpc) is 1.81. The normalized spacial score (nSPS) is 2.57. The predicted molar refractivity (Wildman–Crippen MR) is 28.6 cm³/mol. The van der Waals surface area contributed by atoms with E-state index in [9.17, 15) is 0 Å². The van der Waals surface area contributed by atoms with Crippen LogP contribution in [0.4, 0.5) is 0 Å². The number of nitrogens with two attached hydrogens (primary N) is 3. The predicted octanol–water partition coefficient (Wildman–Crippen LogP) is -0.792. The van der Waals surface area contributed by atoms with Crippen molar-refractivity contribution >= 4 is 0 Å². The fraction of sp³-hybridized carbons (Fsp3) is 0. The Balaban J connectivity index is -0.00000000900. The Bertz CT molecular complexity index is 10.1. The third-order valence-electron chi connectivity index (χ3n) is 0. The molecule has 7 heavy (non-hydrogen) atoms. The van der Waals surface area contributed by atoms with Crippen LogP contribution in [0.3, 0.4) is 0 Å². The van der Waals surface area contributed by atoms with Crippen LogP contribution in [0.2, 0.25) is 0 Å². The van der Waals surface area contributed by atoms with Crippen LogP contribution >= 0.6 is 0 Å². The van der Waals surface area contributed by atoms with Crippen molar-refractivity contribution < 1.29 is 32.7 Å². The van der Waals surface area contributed by atoms with E-state index >= 15 is 0 Å². The van der Waals surface area contributed by atoms with E-state index in [0.717, 1.165) is 0 Å². The topological polar surface area (TPSA) is 78.1 Å². The maximum atomic E-state index is 4.25. The van der Waals surface area contributed by atoms with Gasteiger partial charge in [0.1, 0.15) is 0 Å². The monoisotopic (exact) mass is 179 g/mol. The molecular weight excluding hydrogens is 167 g/mol. The zero-order chi connectivity index (χ0) is 6.00. The van der Waals surface area contributed by atoms with Crippen molar-refractivity contribution in [3.8, 4) is 0 Å². The quantitative estimate of drug-likeness (QED) is 0.426. The molecule has 42 valence electrons. The largest absolute Gasteiger partial charge is 3.00 e. The van der Waals surface area contributed by atoms with Gasteiger partial charge in [0.2, 0.25) is 0 Å². The summed E-state index contributed by atoms with van der Waals surface area (Å²) in [5.74, 6) is 0. The molecule has 6 N–H and O–H groups in total. The summed E-state index contributed by atoms with van der Waals surface area (Å²) < 4.78 is 0. The molecule has 0 atom stereocenters. The molecule has 0 aliphatic heterocycles. The third-order valence-corrected chi connectivity index (χ3v) is 0. The minimum Gasteiger partial charge on any atom is -0.486 e. The molecule has 0 rings (SSSR count). The van der Waals surface area contributed by atoms with E-state index in [2.05, 4.69) is 38.3 Å². The Morgan fingerprint density at radius 3 is 0.571 bits per heavy atom. The van der Waals surface area contributed by atoms with Gasteiger partial charge in [-0.05, 0) is 0 Å². The fourth-order valence-corrected chi connectivity index (χ4v) is 0. The zero-order valence-corrected chi connectivity index (χ0v) is 7.27. The summed E-state index contributed by atoms with van der Waals surface area (Å²) >= 11 is 0. The van der Waals surface area contributed by atoms with E-state index in [4.69, 9.17) is 0 Å². The second-order valence-electron chi connectivity index (χ2n) is 0. The van der Waals surface area contributed by atoms with Crippen LogP contribution < -0.4 is 17.2 Å². The maximum absolute atomic E-state index is 4.25. The van der Waals surface area contributed by atoms with Crippen LogP contribution in [-0.2, 0) is 32.7 Å². The Labute approximate surface area is 70.9 Å². The molecule has 0 aliphatic carbocycles. The van der Waals surface area contributed by atoms with E-state index in [1.807, 2.05) is 0 Å². The van der Waals surface area contributed by atoms with Gasteiger partial charge in [-0.25, -0.2) is 0 Å². The van der Waals surface area contributed by atoms with Gasteiger partial charge in [-0.3, -0.25) is 21.1 Å². The Kier molecular flexibility index (Phi) is 905. The molecule has 0 radical (unpaired) electrons. The van der Waals surface area contributed by atoms with E-state index < -0.39 is 0 Å². The van der Waals surface area contributed by atoms with Crippen LogP contribution in [0.15, 0.2) is 0 Å². The van der Waals surface area contributed by atoms with Crippen molar-refractivity contribution in [1.82, 2.24) is 0 Å². The number of rotatable bonds is 0. The molecule has 0 fully saturated rings. The molecule has 3 nitrogen and oxygen atoms in total. The number of hydrogen-bond donors (Lipinski definition) is 3. The van der Waals surface area contributed by atoms with Gasteiger partial charge in [0, 0.05) is 0 Å². The molecule has 0 unspecified atom stereocenters. The van der Waals surface area contributed by atoms with Crippen LogP contribution in [0.5, 0.6) is 0 Å². The Hall–Kier alpha value is 0.984. The first-order chi connectivity index (χ1) is 3.00. The molecule has 0 bridgehead atoms. The summed E-state index contributed by atoms with van der Waals surface area (Å²) in [5.41, 5.74) is 12.8. The van der Waals surface area contributed by atoms with Gasteiger partial charge >= 0.3 is 32.7 Å². The van der Waals surface area contributed by atoms with Gasteiger partial charge in [0.05, 0.1) is 0 Å². The van der Waals surface area contributed by atoms with Crippen molar-refractivity contribution in [3.63, 3.8) is 0 Å². The molecular formula is C3H12N3Y. The van der Waals surface area contributed by atoms with Crippen molar-refractivity contribution in [1.29, 1.82) is 0 Å². The number of hydrogen-bond acceptors (Lipinski definition) is 3. The third kappa shape index (κ3) is 179. The first-order valence-corrected chi connectivity index (χ1v) is 1.22. The molecule has 0 heterocycles. The van der Waals surface area contributed by atoms with Crippen molar-refractivity contribution in [3.05, 3.63) is 21.1 Å². The van der Waals surface area contributed by atoms with Gasteiger partial charge in [0.25, 0.3) is 0 Å². The van der Waals surface area contributed by atoms with Crippen molar-refractivity contribution in [2.75, 3.05) is 0 Å². The fourth-order valence-electron chi connectivity index (χ4n) is 0. The van der Waals surface area contributed by atoms with Crippen LogP contribution in [-0.4, -0.2) is 0 Å². The SMILES string of the molecule is [CH2-]N.[CH2-]N.[CH2-]N.[Y+3]. The van der Waals surface area contributed by atoms with Crippen LogP contribution in [0.25, 0.3) is 0 Å². The molecule has 4 heteroatoms. The van der Waals surface area contributed by atoms with Gasteiger partial charge in [-0.15, -0.1) is 0 Å². The minimum atomic E-state index is 0. The van der Waals surface area contributed by atoms with E-state index in [-0.39, 0.29) is 32.7 Å². The van der Waals surface area contributed by atoms with Gasteiger partial charge < -0.3 is 17.2 Å². The molecule has 0 aromatic rings. The Morgan fingerprint density at radius 2 is 0.571 bits per heavy atom. The maximum Gasteiger partial charge on any atom is 3.00 e. The van der Waals surface area contributed by atoms with Crippen molar-refractivity contribution in [2.45, 2.75) is 0 Å². The minimum absolute atomic E-state index is 0. The van der Waals surface area contributed by atoms with Gasteiger partial charge in [-0.1, -0.05) is 0 Å². The van der Waals surface area contributed by atoms with E-state index in [1.165, 1.54) is 0 Å². The summed E-state index contributed by atoms with van der Waals surface area (Å²) in [6, 6.07) is 0. The molecule has 0 aromatic heterocycles. The molecule has 0 spiro atoms. The first kappa shape index (κ1) is 24.5. The zero-order valence-electron chi connectivity index (χ0n) is 4.43. The summed E-state index contributed by atoms with van der Waals surface area (Å²) in [5, 5.41) is 0. The molecule has 0 saturated heterocycles. The van der Waals surface area contributed by atoms with Gasteiger partial charge in [0.15, 0.2) is 0 Å². The Morgan fingerprint density at radius 1 is 0.571 bits per heavy atom. The second kappa shape index (κ2) is 258. The molecule has 0 amide bonds. The van der Waals surface area contributed by atoms with Crippen LogP contribution in [0.1, 0.15) is 0 Å². The van der Waals surface area contributed by atoms with E-state index in [0.29, 0.717) is 0 Å². The standard InChI is InChI=1S/3CH4N.Y/c3*1-2;/h3*1-2H2;/q3*-1;+3. The van der Waals surface area contributed by atoms with E-state index in [1.54, 1.807) is 0 Å². The smallest absolute Gasteiger partial charge is 0.486 e. The summed E-state index contributed by atoms with van der Waals surface area (Å²) in [6.07, 6.45) is 0. The molecule has 0 aliphatic rings. The summed E-state index contributed by atoms with van der Waals surface area (Å²) in [6.45, 7) is 0. The van der Waals surface area contributed by atoms with Crippen LogP contribution in [0, 0.1) is 21.1 Å². The van der Waals surface area contributed by atoms with Gasteiger partial charge in [-0.2, -0.15) is 0 Å². The molecule has 0 saturated carbocycles. The van der Waals surface area contributed by atoms with Crippen molar-refractivity contribution in [2.24, 2.45) is 17.2 Å². The first-order valence-electron chi connectivity index (χ1n) is 1.22. The second-order valence-corrected chi connectivity index (χ2v) is 0. The molecule has 0 aromatic carbocycles. The average molecular weight is 179 g/mol.